The fourth-order valence-electron chi connectivity index (χ4n) is 7.45. The first-order valence-corrected chi connectivity index (χ1v) is 12.4. The molecule has 6 nitrogen and oxygen atoms in total. The zero-order valence-corrected chi connectivity index (χ0v) is 20.5. The summed E-state index contributed by atoms with van der Waals surface area (Å²) >= 11 is 6.71. The van der Waals surface area contributed by atoms with Crippen molar-refractivity contribution in [3.8, 4) is 0 Å². The number of aliphatic hydroxyl groups excluding tert-OH is 2. The Morgan fingerprint density at radius 2 is 1.91 bits per heavy atom. The lowest BCUT2D eigenvalue weighted by Crippen LogP contribution is -2.62. The highest BCUT2D eigenvalue weighted by molar-refractivity contribution is 6.32. The number of rotatable bonds is 4. The van der Waals surface area contributed by atoms with Crippen LogP contribution in [0.15, 0.2) is 65.2 Å². The summed E-state index contributed by atoms with van der Waals surface area (Å²) in [5, 5.41) is 22.0. The summed E-state index contributed by atoms with van der Waals surface area (Å²) < 4.78 is 6.03. The van der Waals surface area contributed by atoms with Crippen molar-refractivity contribution in [2.45, 2.75) is 44.8 Å². The van der Waals surface area contributed by atoms with Gasteiger partial charge < -0.3 is 14.9 Å². The molecule has 5 rings (SSSR count). The number of allylic oxidation sites excluding steroid dienone is 6. The van der Waals surface area contributed by atoms with Crippen LogP contribution in [0.2, 0.25) is 0 Å². The Morgan fingerprint density at radius 3 is 2.60 bits per heavy atom. The summed E-state index contributed by atoms with van der Waals surface area (Å²) in [6.45, 7) is 3.10. The topological polar surface area (TPSA) is 101 Å². The quantitative estimate of drug-likeness (QED) is 0.615. The molecule has 1 unspecified atom stereocenters. The van der Waals surface area contributed by atoms with Gasteiger partial charge in [-0.2, -0.15) is 0 Å². The maximum absolute atomic E-state index is 13.3. The van der Waals surface area contributed by atoms with Gasteiger partial charge in [0.25, 0.3) is 0 Å². The van der Waals surface area contributed by atoms with Gasteiger partial charge in [-0.15, -0.1) is 0 Å². The van der Waals surface area contributed by atoms with Crippen LogP contribution in [0.4, 0.5) is 0 Å². The number of hydrogen-bond donors (Lipinski definition) is 2. The van der Waals surface area contributed by atoms with Crippen molar-refractivity contribution in [1.82, 2.24) is 0 Å². The van der Waals surface area contributed by atoms with E-state index in [0.29, 0.717) is 22.6 Å². The Kier molecular flexibility index (Phi) is 5.70. The number of hydrogen-bond acceptors (Lipinski definition) is 6. The Morgan fingerprint density at radius 1 is 1.20 bits per heavy atom. The first-order valence-electron chi connectivity index (χ1n) is 12.0. The van der Waals surface area contributed by atoms with Crippen molar-refractivity contribution >= 4 is 29.1 Å². The van der Waals surface area contributed by atoms with Gasteiger partial charge in [0, 0.05) is 21.8 Å². The maximum Gasteiger partial charge on any atom is 0.339 e. The summed E-state index contributed by atoms with van der Waals surface area (Å²) in [6.07, 6.45) is 6.96. The molecule has 2 fully saturated rings. The minimum absolute atomic E-state index is 0.131. The van der Waals surface area contributed by atoms with Crippen molar-refractivity contribution in [2.75, 3.05) is 6.61 Å². The predicted octanol–water partition coefficient (Wildman–Crippen LogP) is 3.76. The molecule has 7 heteroatoms. The van der Waals surface area contributed by atoms with E-state index in [1.54, 1.807) is 30.3 Å². The first kappa shape index (κ1) is 24.2. The number of fused-ring (bicyclic) bond motifs is 5. The lowest BCUT2D eigenvalue weighted by atomic mass is 9.47. The molecule has 0 aliphatic heterocycles. The molecule has 1 aromatic carbocycles. The van der Waals surface area contributed by atoms with Gasteiger partial charge in [0.15, 0.2) is 11.4 Å². The molecule has 0 bridgehead atoms. The number of aliphatic hydroxyl groups is 2. The predicted molar refractivity (Wildman–Crippen MR) is 129 cm³/mol. The summed E-state index contributed by atoms with van der Waals surface area (Å²) in [6, 6.07) is 8.46. The molecule has 2 saturated carbocycles. The number of carbonyl (C=O) groups is 3. The molecule has 4 aliphatic rings. The third-order valence-corrected chi connectivity index (χ3v) is 9.42. The number of ether oxygens (including phenoxy) is 1. The first-order chi connectivity index (χ1) is 16.6. The fraction of sp³-hybridized carbons (Fsp3) is 0.464. The molecule has 0 spiro atoms. The van der Waals surface area contributed by atoms with Crippen molar-refractivity contribution < 1.29 is 29.3 Å². The number of ketones is 2. The second-order valence-electron chi connectivity index (χ2n) is 10.7. The lowest BCUT2D eigenvalue weighted by molar-refractivity contribution is -0.173. The minimum Gasteiger partial charge on any atom is -0.447 e. The van der Waals surface area contributed by atoms with Crippen LogP contribution in [-0.2, 0) is 14.3 Å². The minimum atomic E-state index is -1.57. The van der Waals surface area contributed by atoms with Crippen LogP contribution in [0.5, 0.6) is 0 Å². The van der Waals surface area contributed by atoms with Gasteiger partial charge in [-0.1, -0.05) is 55.8 Å². The highest BCUT2D eigenvalue weighted by Crippen LogP contribution is 2.67. The molecule has 1 aromatic rings. The molecule has 0 saturated heterocycles. The Hall–Kier alpha value is -2.54. The van der Waals surface area contributed by atoms with Crippen LogP contribution in [-0.4, -0.2) is 46.1 Å². The van der Waals surface area contributed by atoms with Crippen molar-refractivity contribution in [3.63, 3.8) is 0 Å². The maximum atomic E-state index is 13.3. The molecule has 2 N–H and O–H groups in total. The molecule has 4 aliphatic carbocycles. The summed E-state index contributed by atoms with van der Waals surface area (Å²) in [5.74, 6) is -1.93. The Balaban J connectivity index is 1.59. The van der Waals surface area contributed by atoms with E-state index in [-0.39, 0.29) is 36.4 Å². The van der Waals surface area contributed by atoms with Crippen LogP contribution in [0.25, 0.3) is 0 Å². The monoisotopic (exact) mass is 496 g/mol. The van der Waals surface area contributed by atoms with E-state index >= 15 is 0 Å². The SMILES string of the molecule is C[C@]12C=CC(=O)C=C1C(Cl)=C[C@@H]1[C@@H]2C(O)C[C@@]2(C)[C@H]1CC[C@]2(OC(=O)c1ccccc1)C(=O)CO. The van der Waals surface area contributed by atoms with Gasteiger partial charge in [0.1, 0.15) is 6.61 Å². The van der Waals surface area contributed by atoms with E-state index in [1.165, 1.54) is 12.2 Å². The molecule has 184 valence electrons. The van der Waals surface area contributed by atoms with Crippen LogP contribution in [0, 0.1) is 28.6 Å². The van der Waals surface area contributed by atoms with Crippen LogP contribution in [0.1, 0.15) is 43.5 Å². The average molecular weight is 497 g/mol. The van der Waals surface area contributed by atoms with E-state index in [2.05, 4.69) is 0 Å². The standard InChI is InChI=1S/C28H29ClO6/c1-26-10-8-17(31)12-20(26)21(29)13-18-19-9-11-28(23(33)15-30,27(19,2)14-22(32)24(18)26)35-25(34)16-6-4-3-5-7-16/h3-8,10,12-13,18-19,22,24,30,32H,9,11,14-15H2,1-2H3/t18-,19-,22?,24+,26-,27-,28-/m0/s1. The molecular formula is C28H29ClO6. The zero-order valence-electron chi connectivity index (χ0n) is 19.7. The van der Waals surface area contributed by atoms with Crippen molar-refractivity contribution in [1.29, 1.82) is 0 Å². The number of carbonyl (C=O) groups excluding carboxylic acids is 3. The van der Waals surface area contributed by atoms with Gasteiger partial charge in [-0.05, 0) is 61.0 Å². The average Bonchev–Trinajstić information content (AvgIpc) is 3.12. The Bertz CT molecular complexity index is 1190. The van der Waals surface area contributed by atoms with Crippen molar-refractivity contribution in [3.05, 3.63) is 70.8 Å². The summed E-state index contributed by atoms with van der Waals surface area (Å²) in [5.41, 5.74) is -2.11. The smallest absolute Gasteiger partial charge is 0.339 e. The van der Waals surface area contributed by atoms with E-state index in [1.807, 2.05) is 26.0 Å². The third-order valence-electron chi connectivity index (χ3n) is 9.10. The lowest BCUT2D eigenvalue weighted by Gasteiger charge is -2.58. The van der Waals surface area contributed by atoms with Crippen LogP contribution < -0.4 is 0 Å². The molecule has 35 heavy (non-hydrogen) atoms. The zero-order chi connectivity index (χ0) is 25.2. The highest BCUT2D eigenvalue weighted by Gasteiger charge is 2.70. The van der Waals surface area contributed by atoms with Crippen LogP contribution in [0.3, 0.4) is 0 Å². The second kappa shape index (κ2) is 8.26. The Labute approximate surface area is 209 Å². The van der Waals surface area contributed by atoms with Gasteiger partial charge in [0.2, 0.25) is 5.78 Å². The second-order valence-corrected chi connectivity index (χ2v) is 11.1. The molecular weight excluding hydrogens is 468 g/mol. The number of halogens is 1. The molecule has 0 heterocycles. The normalized spacial score (nSPS) is 39.6. The van der Waals surface area contributed by atoms with Crippen LogP contribution >= 0.6 is 11.6 Å². The van der Waals surface area contributed by atoms with Gasteiger partial charge >= 0.3 is 5.97 Å². The number of benzene rings is 1. The molecule has 0 radical (unpaired) electrons. The van der Waals surface area contributed by atoms with Crippen molar-refractivity contribution in [2.24, 2.45) is 28.6 Å². The number of Topliss-reactive ketones (excluding diaryl/α,β-unsaturated/α-hetero) is 1. The summed E-state index contributed by atoms with van der Waals surface area (Å²) in [4.78, 5) is 38.5. The van der Waals surface area contributed by atoms with E-state index < -0.39 is 40.9 Å². The fourth-order valence-corrected chi connectivity index (χ4v) is 7.86. The number of esters is 1. The van der Waals surface area contributed by atoms with Gasteiger partial charge in [-0.25, -0.2) is 4.79 Å². The third kappa shape index (κ3) is 3.34. The van der Waals surface area contributed by atoms with E-state index in [9.17, 15) is 24.6 Å². The molecule has 0 aromatic heterocycles. The van der Waals surface area contributed by atoms with Gasteiger partial charge in [-0.3, -0.25) is 9.59 Å². The molecule has 0 amide bonds. The van der Waals surface area contributed by atoms with Gasteiger partial charge in [0.05, 0.1) is 11.7 Å². The molecule has 7 atom stereocenters. The summed E-state index contributed by atoms with van der Waals surface area (Å²) in [7, 11) is 0. The van der Waals surface area contributed by atoms with E-state index in [4.69, 9.17) is 16.3 Å². The van der Waals surface area contributed by atoms with E-state index in [0.717, 1.165) is 0 Å². The largest absolute Gasteiger partial charge is 0.447 e. The highest BCUT2D eigenvalue weighted by atomic mass is 35.5.